The second-order valence-corrected chi connectivity index (χ2v) is 6.59. The number of alkyl halides is 3. The topological polar surface area (TPSA) is 50.7 Å². The zero-order chi connectivity index (χ0) is 17.2. The molecule has 0 spiro atoms. The van der Waals surface area contributed by atoms with E-state index in [0.717, 1.165) is 23.3 Å². The number of fused-ring (bicyclic) bond motifs is 1. The van der Waals surface area contributed by atoms with E-state index in [1.54, 1.807) is 12.4 Å². The molecule has 126 valence electrons. The van der Waals surface area contributed by atoms with Crippen molar-refractivity contribution in [3.8, 4) is 0 Å². The van der Waals surface area contributed by atoms with Gasteiger partial charge in [-0.1, -0.05) is 0 Å². The first kappa shape index (κ1) is 16.6. The quantitative estimate of drug-likeness (QED) is 0.689. The molecule has 0 fully saturated rings. The number of rotatable bonds is 5. The molecule has 8 heteroatoms. The van der Waals surface area contributed by atoms with Crippen molar-refractivity contribution in [2.75, 3.05) is 11.9 Å². The normalized spacial score (nSPS) is 11.8. The van der Waals surface area contributed by atoms with E-state index in [2.05, 4.69) is 20.3 Å². The van der Waals surface area contributed by atoms with Crippen molar-refractivity contribution in [2.24, 2.45) is 0 Å². The molecule has 0 aliphatic heterocycles. The maximum absolute atomic E-state index is 13.0. The zero-order valence-electron chi connectivity index (χ0n) is 12.9. The Hall–Kier alpha value is -2.22. The maximum Gasteiger partial charge on any atom is 0.451 e. The fourth-order valence-electron chi connectivity index (χ4n) is 2.35. The van der Waals surface area contributed by atoms with E-state index in [1.165, 1.54) is 11.3 Å². The Bertz CT molecular complexity index is 830. The molecule has 0 saturated carbocycles. The van der Waals surface area contributed by atoms with Gasteiger partial charge in [-0.25, -0.2) is 9.97 Å². The molecule has 0 aliphatic rings. The first-order valence-electron chi connectivity index (χ1n) is 7.41. The minimum absolute atomic E-state index is 0.242. The van der Waals surface area contributed by atoms with Crippen molar-refractivity contribution in [1.82, 2.24) is 15.0 Å². The van der Waals surface area contributed by atoms with Gasteiger partial charge in [0.1, 0.15) is 10.6 Å². The van der Waals surface area contributed by atoms with E-state index in [9.17, 15) is 13.2 Å². The SMILES string of the molecule is Cc1cc2c(NCCCc3ccncc3)nc(C(F)(F)F)nc2s1. The van der Waals surface area contributed by atoms with Gasteiger partial charge in [0.05, 0.1) is 5.39 Å². The summed E-state index contributed by atoms with van der Waals surface area (Å²) < 4.78 is 38.9. The average Bonchev–Trinajstić information content (AvgIpc) is 2.92. The van der Waals surface area contributed by atoms with Crippen LogP contribution >= 0.6 is 11.3 Å². The summed E-state index contributed by atoms with van der Waals surface area (Å²) in [4.78, 5) is 12.5. The second kappa shape index (κ2) is 6.72. The van der Waals surface area contributed by atoms with Gasteiger partial charge >= 0.3 is 6.18 Å². The van der Waals surface area contributed by atoms with E-state index < -0.39 is 12.0 Å². The number of nitrogens with one attached hydrogen (secondary N) is 1. The Morgan fingerprint density at radius 3 is 2.62 bits per heavy atom. The Kier molecular flexibility index (Phi) is 4.66. The molecule has 0 radical (unpaired) electrons. The van der Waals surface area contributed by atoms with Crippen molar-refractivity contribution in [1.29, 1.82) is 0 Å². The molecule has 0 saturated heterocycles. The fourth-order valence-corrected chi connectivity index (χ4v) is 3.23. The summed E-state index contributed by atoms with van der Waals surface area (Å²) in [5.41, 5.74) is 1.14. The van der Waals surface area contributed by atoms with Crippen LogP contribution in [0.3, 0.4) is 0 Å². The van der Waals surface area contributed by atoms with Gasteiger partial charge < -0.3 is 5.32 Å². The van der Waals surface area contributed by atoms with Crippen LogP contribution in [0.2, 0.25) is 0 Å². The van der Waals surface area contributed by atoms with Gasteiger partial charge in [0.2, 0.25) is 5.82 Å². The Labute approximate surface area is 140 Å². The van der Waals surface area contributed by atoms with E-state index in [4.69, 9.17) is 0 Å². The highest BCUT2D eigenvalue weighted by Crippen LogP contribution is 2.33. The highest BCUT2D eigenvalue weighted by atomic mass is 32.1. The third kappa shape index (κ3) is 3.81. The second-order valence-electron chi connectivity index (χ2n) is 5.36. The third-order valence-electron chi connectivity index (χ3n) is 3.45. The van der Waals surface area contributed by atoms with Crippen molar-refractivity contribution >= 4 is 27.4 Å². The number of aryl methyl sites for hydroxylation is 2. The van der Waals surface area contributed by atoms with E-state index in [0.29, 0.717) is 16.8 Å². The first-order valence-corrected chi connectivity index (χ1v) is 8.23. The molecule has 0 aliphatic carbocycles. The van der Waals surface area contributed by atoms with Gasteiger partial charge in [-0.2, -0.15) is 13.2 Å². The molecule has 3 heterocycles. The molecule has 0 bridgehead atoms. The Morgan fingerprint density at radius 2 is 1.92 bits per heavy atom. The molecular weight excluding hydrogens is 337 g/mol. The number of nitrogens with zero attached hydrogens (tertiary/aromatic N) is 3. The van der Waals surface area contributed by atoms with Gasteiger partial charge in [0, 0.05) is 23.8 Å². The van der Waals surface area contributed by atoms with Crippen molar-refractivity contribution < 1.29 is 13.2 Å². The van der Waals surface area contributed by atoms with Crippen LogP contribution in [0.15, 0.2) is 30.6 Å². The predicted octanol–water partition coefficient (Wildman–Crippen LogP) is 4.46. The lowest BCUT2D eigenvalue weighted by atomic mass is 10.1. The summed E-state index contributed by atoms with van der Waals surface area (Å²) in [5, 5.41) is 3.66. The standard InChI is InChI=1S/C16H15F3N4S/c1-10-9-12-13(21-6-2-3-11-4-7-20-8-5-11)22-15(16(17,18)19)23-14(12)24-10/h4-5,7-9H,2-3,6H2,1H3,(H,21,22,23). The molecule has 24 heavy (non-hydrogen) atoms. The van der Waals surface area contributed by atoms with E-state index in [1.807, 2.05) is 25.1 Å². The predicted molar refractivity (Wildman–Crippen MR) is 88.2 cm³/mol. The molecule has 1 N–H and O–H groups in total. The minimum Gasteiger partial charge on any atom is -0.369 e. The number of thiophene rings is 1. The fraction of sp³-hybridized carbons (Fsp3) is 0.312. The molecule has 0 atom stereocenters. The van der Waals surface area contributed by atoms with Crippen LogP contribution in [-0.4, -0.2) is 21.5 Å². The van der Waals surface area contributed by atoms with Crippen molar-refractivity contribution in [3.05, 3.63) is 46.9 Å². The van der Waals surface area contributed by atoms with Gasteiger partial charge in [-0.15, -0.1) is 11.3 Å². The third-order valence-corrected chi connectivity index (χ3v) is 4.40. The van der Waals surface area contributed by atoms with E-state index in [-0.39, 0.29) is 5.82 Å². The summed E-state index contributed by atoms with van der Waals surface area (Å²) in [6.45, 7) is 2.37. The lowest BCUT2D eigenvalue weighted by Crippen LogP contribution is -2.13. The largest absolute Gasteiger partial charge is 0.451 e. The summed E-state index contributed by atoms with van der Waals surface area (Å²) in [5.74, 6) is -0.861. The summed E-state index contributed by atoms with van der Waals surface area (Å²) in [6.07, 6.45) is 0.485. The van der Waals surface area contributed by atoms with Gasteiger partial charge in [0.15, 0.2) is 0 Å². The monoisotopic (exact) mass is 352 g/mol. The van der Waals surface area contributed by atoms with Gasteiger partial charge in [-0.05, 0) is 43.5 Å². The highest BCUT2D eigenvalue weighted by molar-refractivity contribution is 7.18. The van der Waals surface area contributed by atoms with Crippen LogP contribution < -0.4 is 5.32 Å². The number of pyridine rings is 1. The summed E-state index contributed by atoms with van der Waals surface area (Å²) in [7, 11) is 0. The smallest absolute Gasteiger partial charge is 0.369 e. The van der Waals surface area contributed by atoms with Crippen LogP contribution in [0.5, 0.6) is 0 Å². The van der Waals surface area contributed by atoms with Crippen LogP contribution in [-0.2, 0) is 12.6 Å². The number of anilines is 1. The number of hydrogen-bond donors (Lipinski definition) is 1. The van der Waals surface area contributed by atoms with Crippen LogP contribution in [0.25, 0.3) is 10.2 Å². The molecule has 0 aromatic carbocycles. The number of aromatic nitrogens is 3. The van der Waals surface area contributed by atoms with E-state index >= 15 is 0 Å². The number of hydrogen-bond acceptors (Lipinski definition) is 5. The maximum atomic E-state index is 13.0. The van der Waals surface area contributed by atoms with Crippen molar-refractivity contribution in [3.63, 3.8) is 0 Å². The molecular formula is C16H15F3N4S. The minimum atomic E-state index is -4.56. The zero-order valence-corrected chi connectivity index (χ0v) is 13.7. The van der Waals surface area contributed by atoms with Gasteiger partial charge in [0.25, 0.3) is 0 Å². The lowest BCUT2D eigenvalue weighted by Gasteiger charge is -2.10. The Balaban J connectivity index is 1.75. The molecule has 3 aromatic rings. The summed E-state index contributed by atoms with van der Waals surface area (Å²) in [6, 6.07) is 5.66. The first-order chi connectivity index (χ1) is 11.4. The average molecular weight is 352 g/mol. The van der Waals surface area contributed by atoms with Gasteiger partial charge in [-0.3, -0.25) is 4.98 Å². The molecule has 4 nitrogen and oxygen atoms in total. The highest BCUT2D eigenvalue weighted by Gasteiger charge is 2.35. The molecule has 3 aromatic heterocycles. The van der Waals surface area contributed by atoms with Crippen molar-refractivity contribution in [2.45, 2.75) is 25.9 Å². The molecule has 0 unspecified atom stereocenters. The molecule has 3 rings (SSSR count). The lowest BCUT2D eigenvalue weighted by molar-refractivity contribution is -0.144. The molecule has 0 amide bonds. The Morgan fingerprint density at radius 1 is 1.17 bits per heavy atom. The van der Waals surface area contributed by atoms with Crippen LogP contribution in [0.1, 0.15) is 22.7 Å². The summed E-state index contributed by atoms with van der Waals surface area (Å²) >= 11 is 1.23. The van der Waals surface area contributed by atoms with Crippen LogP contribution in [0, 0.1) is 6.92 Å². The van der Waals surface area contributed by atoms with Crippen LogP contribution in [0.4, 0.5) is 19.0 Å². The number of halogens is 3.